The van der Waals surface area contributed by atoms with E-state index in [1.807, 2.05) is 56.0 Å². The normalized spacial score (nSPS) is 19.7. The van der Waals surface area contributed by atoms with Gasteiger partial charge < -0.3 is 4.74 Å². The number of hydrogen-bond acceptors (Lipinski definition) is 2. The minimum Gasteiger partial charge on any atom is -0.443 e. The lowest BCUT2D eigenvalue weighted by atomic mass is 10.1. The Morgan fingerprint density at radius 2 is 1.71 bits per heavy atom. The monoisotopic (exact) mass is 435 g/mol. The van der Waals surface area contributed by atoms with Crippen molar-refractivity contribution in [2.45, 2.75) is 44.8 Å². The fraction of sp³-hybridized carbons (Fsp3) is 0.350. The standard InChI is InChI=1S/C20H22INO2/c1-20(2,3)24-19(23)22(17-12-8-7-11-16(17)21)18-13-15(18)14-9-5-4-6-10-14/h4-12,15,18H,13H2,1-3H3/t15-,18?/m1/s1. The van der Waals surface area contributed by atoms with Crippen molar-refractivity contribution in [2.24, 2.45) is 0 Å². The van der Waals surface area contributed by atoms with E-state index in [0.29, 0.717) is 5.92 Å². The van der Waals surface area contributed by atoms with Crippen molar-refractivity contribution in [3.63, 3.8) is 0 Å². The molecule has 3 nitrogen and oxygen atoms in total. The molecular formula is C20H22INO2. The van der Waals surface area contributed by atoms with Crippen molar-refractivity contribution in [3.05, 3.63) is 63.7 Å². The molecule has 3 rings (SSSR count). The van der Waals surface area contributed by atoms with Crippen molar-refractivity contribution < 1.29 is 9.53 Å². The molecule has 1 aliphatic carbocycles. The van der Waals surface area contributed by atoms with Gasteiger partial charge in [-0.3, -0.25) is 4.90 Å². The van der Waals surface area contributed by atoms with Crippen LogP contribution in [-0.4, -0.2) is 17.7 Å². The van der Waals surface area contributed by atoms with Crippen molar-refractivity contribution in [1.29, 1.82) is 0 Å². The molecule has 0 aromatic heterocycles. The number of carbonyl (C=O) groups excluding carboxylic acids is 1. The van der Waals surface area contributed by atoms with Crippen LogP contribution in [0, 0.1) is 3.57 Å². The molecule has 1 saturated carbocycles. The van der Waals surface area contributed by atoms with E-state index in [1.165, 1.54) is 5.56 Å². The van der Waals surface area contributed by atoms with E-state index in [-0.39, 0.29) is 12.1 Å². The van der Waals surface area contributed by atoms with Crippen LogP contribution < -0.4 is 4.90 Å². The number of nitrogens with zero attached hydrogens (tertiary/aromatic N) is 1. The third-order valence-electron chi connectivity index (χ3n) is 4.02. The van der Waals surface area contributed by atoms with Crippen LogP contribution in [0.5, 0.6) is 0 Å². The summed E-state index contributed by atoms with van der Waals surface area (Å²) in [7, 11) is 0. The number of anilines is 1. The molecule has 2 aromatic carbocycles. The average molecular weight is 435 g/mol. The molecular weight excluding hydrogens is 413 g/mol. The Kier molecular flexibility index (Phi) is 4.85. The van der Waals surface area contributed by atoms with Gasteiger partial charge in [0.15, 0.2) is 0 Å². The summed E-state index contributed by atoms with van der Waals surface area (Å²) in [5, 5.41) is 0. The fourth-order valence-electron chi connectivity index (χ4n) is 2.90. The summed E-state index contributed by atoms with van der Waals surface area (Å²) in [6.45, 7) is 5.71. The van der Waals surface area contributed by atoms with Gasteiger partial charge in [0.1, 0.15) is 5.60 Å². The highest BCUT2D eigenvalue weighted by Gasteiger charge is 2.47. The Morgan fingerprint density at radius 3 is 2.33 bits per heavy atom. The third-order valence-corrected chi connectivity index (χ3v) is 4.93. The van der Waals surface area contributed by atoms with Crippen LogP contribution in [-0.2, 0) is 4.74 Å². The van der Waals surface area contributed by atoms with Crippen LogP contribution >= 0.6 is 22.6 Å². The number of rotatable bonds is 3. The number of hydrogen-bond donors (Lipinski definition) is 0. The van der Waals surface area contributed by atoms with Gasteiger partial charge in [-0.05, 0) is 67.5 Å². The predicted molar refractivity (Wildman–Crippen MR) is 105 cm³/mol. The molecule has 24 heavy (non-hydrogen) atoms. The molecule has 4 heteroatoms. The minimum atomic E-state index is -0.507. The Labute approximate surface area is 157 Å². The second-order valence-corrected chi connectivity index (χ2v) is 8.28. The highest BCUT2D eigenvalue weighted by atomic mass is 127. The summed E-state index contributed by atoms with van der Waals surface area (Å²) >= 11 is 2.28. The van der Waals surface area contributed by atoms with Crippen LogP contribution in [0.2, 0.25) is 0 Å². The number of ether oxygens (including phenoxy) is 1. The molecule has 0 N–H and O–H groups in total. The third kappa shape index (κ3) is 3.91. The van der Waals surface area contributed by atoms with E-state index < -0.39 is 5.60 Å². The molecule has 1 amide bonds. The largest absolute Gasteiger partial charge is 0.443 e. The van der Waals surface area contributed by atoms with E-state index in [1.54, 1.807) is 0 Å². The zero-order valence-electron chi connectivity index (χ0n) is 14.2. The summed E-state index contributed by atoms with van der Waals surface area (Å²) in [5.41, 5.74) is 1.70. The first-order chi connectivity index (χ1) is 11.4. The molecule has 126 valence electrons. The second kappa shape index (κ2) is 6.75. The Bertz CT molecular complexity index is 724. The summed E-state index contributed by atoms with van der Waals surface area (Å²) in [6.07, 6.45) is 0.698. The van der Waals surface area contributed by atoms with E-state index in [2.05, 4.69) is 46.9 Å². The number of amides is 1. The molecule has 0 spiro atoms. The number of para-hydroxylation sites is 1. The van der Waals surface area contributed by atoms with Crippen LogP contribution in [0.15, 0.2) is 54.6 Å². The zero-order chi connectivity index (χ0) is 17.3. The fourth-order valence-corrected chi connectivity index (χ4v) is 3.54. The molecule has 0 radical (unpaired) electrons. The van der Waals surface area contributed by atoms with Crippen molar-refractivity contribution >= 4 is 34.4 Å². The summed E-state index contributed by atoms with van der Waals surface area (Å²) < 4.78 is 6.73. The van der Waals surface area contributed by atoms with Crippen LogP contribution in [0.4, 0.5) is 10.5 Å². The molecule has 2 atom stereocenters. The topological polar surface area (TPSA) is 29.5 Å². The predicted octanol–water partition coefficient (Wildman–Crippen LogP) is 5.59. The quantitative estimate of drug-likeness (QED) is 0.589. The molecule has 0 heterocycles. The van der Waals surface area contributed by atoms with Gasteiger partial charge in [0, 0.05) is 15.5 Å². The van der Waals surface area contributed by atoms with Crippen molar-refractivity contribution in [2.75, 3.05) is 4.90 Å². The highest BCUT2D eigenvalue weighted by Crippen LogP contribution is 2.47. The Balaban J connectivity index is 1.89. The number of benzene rings is 2. The van der Waals surface area contributed by atoms with Crippen molar-refractivity contribution in [3.8, 4) is 0 Å². The molecule has 1 unspecified atom stereocenters. The second-order valence-electron chi connectivity index (χ2n) is 7.12. The first kappa shape index (κ1) is 17.3. The molecule has 2 aromatic rings. The van der Waals surface area contributed by atoms with Gasteiger partial charge >= 0.3 is 6.09 Å². The van der Waals surface area contributed by atoms with Gasteiger partial charge in [-0.2, -0.15) is 0 Å². The van der Waals surface area contributed by atoms with Gasteiger partial charge in [0.05, 0.1) is 5.69 Å². The maximum atomic E-state index is 12.9. The van der Waals surface area contributed by atoms with Crippen LogP contribution in [0.3, 0.4) is 0 Å². The van der Waals surface area contributed by atoms with Gasteiger partial charge in [0.2, 0.25) is 0 Å². The van der Waals surface area contributed by atoms with Gasteiger partial charge in [-0.1, -0.05) is 42.5 Å². The Hall–Kier alpha value is -1.56. The smallest absolute Gasteiger partial charge is 0.415 e. The zero-order valence-corrected chi connectivity index (χ0v) is 16.4. The maximum Gasteiger partial charge on any atom is 0.415 e. The lowest BCUT2D eigenvalue weighted by Gasteiger charge is -2.28. The lowest BCUT2D eigenvalue weighted by molar-refractivity contribution is 0.0577. The first-order valence-corrected chi connectivity index (χ1v) is 9.26. The van der Waals surface area contributed by atoms with E-state index >= 15 is 0 Å². The van der Waals surface area contributed by atoms with Gasteiger partial charge in [0.25, 0.3) is 0 Å². The SMILES string of the molecule is CC(C)(C)OC(=O)N(c1ccccc1I)C1C[C@@H]1c1ccccc1. The molecule has 0 saturated heterocycles. The highest BCUT2D eigenvalue weighted by molar-refractivity contribution is 14.1. The van der Waals surface area contributed by atoms with Gasteiger partial charge in [-0.25, -0.2) is 4.79 Å². The molecule has 0 aliphatic heterocycles. The molecule has 0 bridgehead atoms. The van der Waals surface area contributed by atoms with E-state index in [4.69, 9.17) is 4.74 Å². The van der Waals surface area contributed by atoms with Gasteiger partial charge in [-0.15, -0.1) is 0 Å². The maximum absolute atomic E-state index is 12.9. The lowest BCUT2D eigenvalue weighted by Crippen LogP contribution is -2.39. The van der Waals surface area contributed by atoms with Crippen LogP contribution in [0.1, 0.15) is 38.7 Å². The minimum absolute atomic E-state index is 0.151. The van der Waals surface area contributed by atoms with Crippen LogP contribution in [0.25, 0.3) is 0 Å². The molecule has 1 fully saturated rings. The van der Waals surface area contributed by atoms with E-state index in [9.17, 15) is 4.79 Å². The van der Waals surface area contributed by atoms with E-state index in [0.717, 1.165) is 15.7 Å². The summed E-state index contributed by atoms with van der Waals surface area (Å²) in [4.78, 5) is 14.7. The molecule has 1 aliphatic rings. The number of carbonyl (C=O) groups is 1. The average Bonchev–Trinajstić information content (AvgIpc) is 3.29. The Morgan fingerprint density at radius 1 is 1.08 bits per heavy atom. The number of halogens is 1. The summed E-state index contributed by atoms with van der Waals surface area (Å²) in [6, 6.07) is 18.5. The first-order valence-electron chi connectivity index (χ1n) is 8.18. The van der Waals surface area contributed by atoms with Crippen molar-refractivity contribution in [1.82, 2.24) is 0 Å². The summed E-state index contributed by atoms with van der Waals surface area (Å²) in [5.74, 6) is 0.370.